The van der Waals surface area contributed by atoms with Gasteiger partial charge in [-0.3, -0.25) is 4.79 Å². The van der Waals surface area contributed by atoms with Crippen LogP contribution in [0, 0.1) is 5.92 Å². The van der Waals surface area contributed by atoms with Crippen LogP contribution in [0.4, 0.5) is 11.4 Å². The third-order valence-electron chi connectivity index (χ3n) is 4.81. The number of nitrogens with zero attached hydrogens (tertiary/aromatic N) is 1. The predicted molar refractivity (Wildman–Crippen MR) is 99.0 cm³/mol. The van der Waals surface area contributed by atoms with E-state index in [-0.39, 0.29) is 5.91 Å². The Kier molecular flexibility index (Phi) is 4.23. The van der Waals surface area contributed by atoms with Gasteiger partial charge in [0.2, 0.25) is 5.91 Å². The molecule has 1 amide bonds. The minimum atomic E-state index is 0.155. The van der Waals surface area contributed by atoms with Crippen LogP contribution in [-0.4, -0.2) is 18.5 Å². The molecule has 4 rings (SSSR count). The lowest BCUT2D eigenvalue weighted by atomic mass is 10.2. The summed E-state index contributed by atoms with van der Waals surface area (Å²) in [6.45, 7) is 2.83. The van der Waals surface area contributed by atoms with E-state index in [9.17, 15) is 4.79 Å². The molecule has 4 heteroatoms. The number of para-hydroxylation sites is 2. The normalized spacial score (nSPS) is 17.0. The van der Waals surface area contributed by atoms with E-state index in [1.807, 2.05) is 0 Å². The number of rotatable bonds is 5. The highest BCUT2D eigenvalue weighted by molar-refractivity contribution is 7.99. The lowest BCUT2D eigenvalue weighted by Gasteiger charge is -2.32. The second-order valence-electron chi connectivity index (χ2n) is 6.63. The molecule has 0 saturated heterocycles. The van der Waals surface area contributed by atoms with Gasteiger partial charge in [-0.05, 0) is 49.9 Å². The summed E-state index contributed by atoms with van der Waals surface area (Å²) in [5, 5.41) is 3.16. The highest BCUT2D eigenvalue weighted by Crippen LogP contribution is 2.47. The molecule has 1 heterocycles. The summed E-state index contributed by atoms with van der Waals surface area (Å²) in [5.41, 5.74) is 2.40. The van der Waals surface area contributed by atoms with Crippen molar-refractivity contribution in [1.29, 1.82) is 0 Å². The number of anilines is 2. The fourth-order valence-corrected chi connectivity index (χ4v) is 4.37. The van der Waals surface area contributed by atoms with Crippen molar-refractivity contribution in [3.8, 4) is 0 Å². The van der Waals surface area contributed by atoms with E-state index in [0.717, 1.165) is 0 Å². The van der Waals surface area contributed by atoms with Gasteiger partial charge in [-0.2, -0.15) is 0 Å². The zero-order chi connectivity index (χ0) is 16.5. The lowest BCUT2D eigenvalue weighted by molar-refractivity contribution is -0.121. The summed E-state index contributed by atoms with van der Waals surface area (Å²) in [7, 11) is 0. The average Bonchev–Trinajstić information content (AvgIpc) is 3.43. The summed E-state index contributed by atoms with van der Waals surface area (Å²) in [6.07, 6.45) is 3.03. The van der Waals surface area contributed by atoms with Gasteiger partial charge in [0.1, 0.15) is 0 Å². The smallest absolute Gasteiger partial charge is 0.222 e. The summed E-state index contributed by atoms with van der Waals surface area (Å²) in [5.74, 6) is 0.851. The molecule has 1 aliphatic heterocycles. The van der Waals surface area contributed by atoms with Gasteiger partial charge in [-0.15, -0.1) is 0 Å². The van der Waals surface area contributed by atoms with Crippen LogP contribution in [0.3, 0.4) is 0 Å². The first-order valence-corrected chi connectivity index (χ1v) is 9.47. The third-order valence-corrected chi connectivity index (χ3v) is 5.94. The Labute approximate surface area is 147 Å². The van der Waals surface area contributed by atoms with Crippen LogP contribution in [-0.2, 0) is 4.79 Å². The van der Waals surface area contributed by atoms with Crippen molar-refractivity contribution in [3.63, 3.8) is 0 Å². The van der Waals surface area contributed by atoms with Crippen molar-refractivity contribution in [2.24, 2.45) is 5.92 Å². The van der Waals surface area contributed by atoms with Crippen LogP contribution >= 0.6 is 11.8 Å². The molecule has 24 heavy (non-hydrogen) atoms. The largest absolute Gasteiger partial charge is 0.353 e. The maximum atomic E-state index is 12.3. The molecule has 1 atom stereocenters. The van der Waals surface area contributed by atoms with Gasteiger partial charge < -0.3 is 10.2 Å². The first kappa shape index (κ1) is 15.6. The fourth-order valence-electron chi connectivity index (χ4n) is 3.28. The number of carbonyl (C=O) groups excluding carboxylic acids is 1. The van der Waals surface area contributed by atoms with Crippen LogP contribution in [0.1, 0.15) is 26.2 Å². The van der Waals surface area contributed by atoms with Crippen LogP contribution < -0.4 is 10.2 Å². The van der Waals surface area contributed by atoms with E-state index in [4.69, 9.17) is 0 Å². The van der Waals surface area contributed by atoms with Gasteiger partial charge in [0.15, 0.2) is 0 Å². The highest BCUT2D eigenvalue weighted by Gasteiger charge is 2.29. The van der Waals surface area contributed by atoms with Crippen LogP contribution in [0.2, 0.25) is 0 Å². The van der Waals surface area contributed by atoms with E-state index < -0.39 is 0 Å². The molecule has 0 unspecified atom stereocenters. The van der Waals surface area contributed by atoms with Crippen molar-refractivity contribution < 1.29 is 4.79 Å². The molecule has 0 bridgehead atoms. The van der Waals surface area contributed by atoms with E-state index >= 15 is 0 Å². The molecule has 1 aliphatic carbocycles. The highest BCUT2D eigenvalue weighted by atomic mass is 32.2. The van der Waals surface area contributed by atoms with Crippen LogP contribution in [0.5, 0.6) is 0 Å². The minimum absolute atomic E-state index is 0.155. The van der Waals surface area contributed by atoms with E-state index in [1.165, 1.54) is 34.0 Å². The first-order valence-electron chi connectivity index (χ1n) is 8.65. The van der Waals surface area contributed by atoms with Crippen molar-refractivity contribution in [2.45, 2.75) is 42.0 Å². The molecule has 0 spiro atoms. The Hall–Kier alpha value is -1.94. The lowest BCUT2D eigenvalue weighted by Crippen LogP contribution is -2.36. The molecule has 2 aliphatic rings. The van der Waals surface area contributed by atoms with Gasteiger partial charge in [-0.1, -0.05) is 36.0 Å². The fraction of sp³-hybridized carbons (Fsp3) is 0.350. The molecular weight excluding hydrogens is 316 g/mol. The predicted octanol–water partition coefficient (Wildman–Crippen LogP) is 4.59. The number of hydrogen-bond donors (Lipinski definition) is 1. The van der Waals surface area contributed by atoms with Crippen molar-refractivity contribution in [2.75, 3.05) is 11.4 Å². The number of benzene rings is 2. The second-order valence-corrected chi connectivity index (χ2v) is 7.72. The van der Waals surface area contributed by atoms with Gasteiger partial charge in [0, 0.05) is 28.8 Å². The molecule has 0 radical (unpaired) electrons. The maximum Gasteiger partial charge on any atom is 0.222 e. The molecule has 1 N–H and O–H groups in total. The summed E-state index contributed by atoms with van der Waals surface area (Å²) >= 11 is 1.80. The number of amides is 1. The van der Waals surface area contributed by atoms with Crippen molar-refractivity contribution in [3.05, 3.63) is 48.5 Å². The molecule has 1 fully saturated rings. The van der Waals surface area contributed by atoms with Gasteiger partial charge in [-0.25, -0.2) is 0 Å². The number of fused-ring (bicyclic) bond motifs is 2. The molecule has 124 valence electrons. The van der Waals surface area contributed by atoms with E-state index in [1.54, 1.807) is 11.8 Å². The standard InChI is InChI=1S/C20H22N2OS/c1-14(15-10-11-15)21-20(23)12-13-22-16-6-2-4-8-18(16)24-19-9-5-3-7-17(19)22/h2-9,14-15H,10-13H2,1H3,(H,21,23)/t14-/m0/s1. The molecule has 1 saturated carbocycles. The van der Waals surface area contributed by atoms with Crippen molar-refractivity contribution in [1.82, 2.24) is 5.32 Å². The number of carbonyl (C=O) groups is 1. The van der Waals surface area contributed by atoms with E-state index in [0.29, 0.717) is 24.9 Å². The van der Waals surface area contributed by atoms with Gasteiger partial charge in [0.25, 0.3) is 0 Å². The topological polar surface area (TPSA) is 32.3 Å². The molecule has 2 aromatic carbocycles. The molecular formula is C20H22N2OS. The number of hydrogen-bond acceptors (Lipinski definition) is 3. The zero-order valence-corrected chi connectivity index (χ0v) is 14.7. The Bertz CT molecular complexity index is 711. The molecule has 0 aromatic heterocycles. The summed E-state index contributed by atoms with van der Waals surface area (Å²) in [6, 6.07) is 17.2. The van der Waals surface area contributed by atoms with Gasteiger partial charge >= 0.3 is 0 Å². The monoisotopic (exact) mass is 338 g/mol. The molecule has 2 aromatic rings. The Morgan fingerprint density at radius 3 is 2.29 bits per heavy atom. The minimum Gasteiger partial charge on any atom is -0.353 e. The zero-order valence-electron chi connectivity index (χ0n) is 13.9. The Morgan fingerprint density at radius 2 is 1.71 bits per heavy atom. The average molecular weight is 338 g/mol. The van der Waals surface area contributed by atoms with Crippen molar-refractivity contribution >= 4 is 29.0 Å². The SMILES string of the molecule is C[C@H](NC(=O)CCN1c2ccccc2Sc2ccccc21)C1CC1. The third kappa shape index (κ3) is 3.16. The number of nitrogens with one attached hydrogen (secondary N) is 1. The van der Waals surface area contributed by atoms with Crippen LogP contribution in [0.25, 0.3) is 0 Å². The Morgan fingerprint density at radius 1 is 1.12 bits per heavy atom. The summed E-state index contributed by atoms with van der Waals surface area (Å²) in [4.78, 5) is 17.1. The molecule has 3 nitrogen and oxygen atoms in total. The first-order chi connectivity index (χ1) is 11.7. The van der Waals surface area contributed by atoms with Crippen LogP contribution in [0.15, 0.2) is 58.3 Å². The van der Waals surface area contributed by atoms with Gasteiger partial charge in [0.05, 0.1) is 11.4 Å². The Balaban J connectivity index is 1.50. The summed E-state index contributed by atoms with van der Waals surface area (Å²) < 4.78 is 0. The second kappa shape index (κ2) is 6.52. The quantitative estimate of drug-likeness (QED) is 0.865. The van der Waals surface area contributed by atoms with E-state index in [2.05, 4.69) is 65.7 Å². The maximum absolute atomic E-state index is 12.3.